The molecule has 0 aliphatic carbocycles. The van der Waals surface area contributed by atoms with Gasteiger partial charge in [0.2, 0.25) is 5.90 Å². The molecular formula is C25H30N2O4. The first-order valence-electron chi connectivity index (χ1n) is 10.5. The Balaban J connectivity index is 1.76. The van der Waals surface area contributed by atoms with Crippen molar-refractivity contribution in [3.63, 3.8) is 0 Å². The second kappa shape index (κ2) is 9.33. The average molecular weight is 423 g/mol. The highest BCUT2D eigenvalue weighted by atomic mass is 16.6. The zero-order valence-electron chi connectivity index (χ0n) is 18.8. The Hall–Kier alpha value is -3.15. The van der Waals surface area contributed by atoms with Crippen molar-refractivity contribution in [1.82, 2.24) is 5.01 Å². The molecule has 0 spiro atoms. The summed E-state index contributed by atoms with van der Waals surface area (Å²) >= 11 is 0. The average Bonchev–Trinajstić information content (AvgIpc) is 2.70. The van der Waals surface area contributed by atoms with E-state index in [1.165, 1.54) is 5.01 Å². The van der Waals surface area contributed by atoms with Gasteiger partial charge in [0.05, 0.1) is 12.5 Å². The van der Waals surface area contributed by atoms with Gasteiger partial charge in [0, 0.05) is 5.56 Å². The Morgan fingerprint density at radius 2 is 1.74 bits per heavy atom. The minimum Gasteiger partial charge on any atom is -0.466 e. The van der Waals surface area contributed by atoms with Crippen LogP contribution in [-0.2, 0) is 25.6 Å². The molecule has 0 N–H and O–H groups in total. The quantitative estimate of drug-likeness (QED) is 0.644. The van der Waals surface area contributed by atoms with Gasteiger partial charge in [-0.25, -0.2) is 5.01 Å². The predicted molar refractivity (Wildman–Crippen MR) is 119 cm³/mol. The molecule has 3 rings (SSSR count). The molecule has 164 valence electrons. The van der Waals surface area contributed by atoms with Gasteiger partial charge in [-0.1, -0.05) is 56.3 Å². The Kier molecular flexibility index (Phi) is 6.78. The van der Waals surface area contributed by atoms with Crippen molar-refractivity contribution < 1.29 is 19.1 Å². The number of hydrogen-bond acceptors (Lipinski definition) is 5. The number of amides is 1. The highest BCUT2D eigenvalue weighted by Crippen LogP contribution is 2.28. The zero-order valence-corrected chi connectivity index (χ0v) is 18.8. The molecule has 1 aliphatic heterocycles. The van der Waals surface area contributed by atoms with E-state index in [2.05, 4.69) is 5.10 Å². The van der Waals surface area contributed by atoms with Gasteiger partial charge < -0.3 is 9.47 Å². The first kappa shape index (κ1) is 22.5. The molecule has 2 aromatic carbocycles. The zero-order chi connectivity index (χ0) is 22.6. The Morgan fingerprint density at radius 1 is 1.10 bits per heavy atom. The largest absolute Gasteiger partial charge is 0.466 e. The van der Waals surface area contributed by atoms with Crippen molar-refractivity contribution in [1.29, 1.82) is 0 Å². The summed E-state index contributed by atoms with van der Waals surface area (Å²) in [5.41, 5.74) is 2.11. The summed E-state index contributed by atoms with van der Waals surface area (Å²) in [6, 6.07) is 17.2. The molecule has 31 heavy (non-hydrogen) atoms. The minimum atomic E-state index is -0.532. The van der Waals surface area contributed by atoms with Gasteiger partial charge in [-0.2, -0.15) is 0 Å². The van der Waals surface area contributed by atoms with Gasteiger partial charge in [-0.3, -0.25) is 9.59 Å². The van der Waals surface area contributed by atoms with Crippen LogP contribution in [0.2, 0.25) is 0 Å². The van der Waals surface area contributed by atoms with E-state index in [4.69, 9.17) is 9.47 Å². The van der Waals surface area contributed by atoms with Crippen LogP contribution in [0.3, 0.4) is 0 Å². The van der Waals surface area contributed by atoms with Crippen LogP contribution in [0.15, 0.2) is 59.7 Å². The van der Waals surface area contributed by atoms with Gasteiger partial charge in [0.25, 0.3) is 5.91 Å². The standard InChI is InChI=1S/C25H30N2O4/c1-17(2)22(24(29)31-25(3,4)5)19-13-11-18(12-14-19)15-27-21(28)16-30-23(26-27)20-9-7-6-8-10-20/h6-14,17,22H,15-16H2,1-5H3. The van der Waals surface area contributed by atoms with Crippen LogP contribution in [0.5, 0.6) is 0 Å². The van der Waals surface area contributed by atoms with Crippen molar-refractivity contribution in [3.8, 4) is 0 Å². The smallest absolute Gasteiger partial charge is 0.314 e. The molecule has 0 saturated carbocycles. The number of ether oxygens (including phenoxy) is 2. The monoisotopic (exact) mass is 422 g/mol. The topological polar surface area (TPSA) is 68.2 Å². The van der Waals surface area contributed by atoms with Crippen LogP contribution in [0.1, 0.15) is 57.2 Å². The molecule has 0 aromatic heterocycles. The normalized spacial score (nSPS) is 15.4. The number of carbonyl (C=O) groups is 2. The fourth-order valence-corrected chi connectivity index (χ4v) is 3.41. The number of nitrogens with zero attached hydrogens (tertiary/aromatic N) is 2. The first-order chi connectivity index (χ1) is 14.6. The third-order valence-electron chi connectivity index (χ3n) is 4.85. The number of benzene rings is 2. The highest BCUT2D eigenvalue weighted by molar-refractivity contribution is 5.97. The third kappa shape index (κ3) is 5.94. The van der Waals surface area contributed by atoms with E-state index in [1.807, 2.05) is 89.2 Å². The fraction of sp³-hybridized carbons (Fsp3) is 0.400. The SMILES string of the molecule is CC(C)C(C(=O)OC(C)(C)C)c1ccc(CN2N=C(c3ccccc3)OCC2=O)cc1. The fourth-order valence-electron chi connectivity index (χ4n) is 3.41. The molecule has 6 nitrogen and oxygen atoms in total. The third-order valence-corrected chi connectivity index (χ3v) is 4.85. The van der Waals surface area contributed by atoms with E-state index in [-0.39, 0.29) is 30.3 Å². The van der Waals surface area contributed by atoms with Crippen molar-refractivity contribution in [2.45, 2.75) is 52.7 Å². The van der Waals surface area contributed by atoms with Gasteiger partial charge >= 0.3 is 5.97 Å². The van der Waals surface area contributed by atoms with Crippen molar-refractivity contribution in [2.75, 3.05) is 6.61 Å². The van der Waals surface area contributed by atoms with Crippen LogP contribution in [0.25, 0.3) is 0 Å². The lowest BCUT2D eigenvalue weighted by Gasteiger charge is -2.26. The first-order valence-corrected chi connectivity index (χ1v) is 10.5. The molecule has 1 atom stereocenters. The molecule has 2 aromatic rings. The molecule has 1 aliphatic rings. The maximum absolute atomic E-state index is 12.7. The molecule has 1 heterocycles. The van der Waals surface area contributed by atoms with Gasteiger partial charge in [0.1, 0.15) is 5.60 Å². The molecule has 0 fully saturated rings. The summed E-state index contributed by atoms with van der Waals surface area (Å²) in [6.07, 6.45) is 0. The summed E-state index contributed by atoms with van der Waals surface area (Å²) in [6.45, 7) is 9.92. The van der Waals surface area contributed by atoms with E-state index in [1.54, 1.807) is 0 Å². The molecule has 6 heteroatoms. The number of hydrazone groups is 1. The lowest BCUT2D eigenvalue weighted by atomic mass is 9.88. The second-order valence-electron chi connectivity index (χ2n) is 9.01. The van der Waals surface area contributed by atoms with Crippen LogP contribution in [0, 0.1) is 5.92 Å². The summed E-state index contributed by atoms with van der Waals surface area (Å²) in [5, 5.41) is 5.81. The van der Waals surface area contributed by atoms with Gasteiger partial charge in [0.15, 0.2) is 6.61 Å². The summed E-state index contributed by atoms with van der Waals surface area (Å²) < 4.78 is 11.1. The van der Waals surface area contributed by atoms with Crippen molar-refractivity contribution in [3.05, 3.63) is 71.3 Å². The Bertz CT molecular complexity index is 944. The van der Waals surface area contributed by atoms with Crippen molar-refractivity contribution in [2.24, 2.45) is 11.0 Å². The number of hydrogen-bond donors (Lipinski definition) is 0. The highest BCUT2D eigenvalue weighted by Gasteiger charge is 2.29. The van der Waals surface area contributed by atoms with E-state index in [9.17, 15) is 9.59 Å². The lowest BCUT2D eigenvalue weighted by molar-refractivity contribution is -0.158. The lowest BCUT2D eigenvalue weighted by Crippen LogP contribution is -2.36. The molecular weight excluding hydrogens is 392 g/mol. The Morgan fingerprint density at radius 3 is 2.32 bits per heavy atom. The Labute approximate surface area is 183 Å². The molecule has 0 saturated heterocycles. The van der Waals surface area contributed by atoms with E-state index < -0.39 is 5.60 Å². The summed E-state index contributed by atoms with van der Waals surface area (Å²) in [7, 11) is 0. The minimum absolute atomic E-state index is 0.0418. The van der Waals surface area contributed by atoms with E-state index >= 15 is 0 Å². The summed E-state index contributed by atoms with van der Waals surface area (Å²) in [5.74, 6) is -0.240. The number of carbonyl (C=O) groups excluding carboxylic acids is 2. The molecule has 0 radical (unpaired) electrons. The molecule has 1 unspecified atom stereocenters. The van der Waals surface area contributed by atoms with Crippen LogP contribution in [0.4, 0.5) is 0 Å². The second-order valence-corrected chi connectivity index (χ2v) is 9.01. The van der Waals surface area contributed by atoms with Gasteiger partial charge in [-0.05, 0) is 49.9 Å². The molecule has 0 bridgehead atoms. The van der Waals surface area contributed by atoms with E-state index in [0.29, 0.717) is 12.4 Å². The van der Waals surface area contributed by atoms with Crippen LogP contribution in [-0.4, -0.2) is 35.0 Å². The van der Waals surface area contributed by atoms with Crippen LogP contribution >= 0.6 is 0 Å². The maximum Gasteiger partial charge on any atom is 0.314 e. The predicted octanol–water partition coefficient (Wildman–Crippen LogP) is 4.49. The number of rotatable bonds is 6. The maximum atomic E-state index is 12.7. The van der Waals surface area contributed by atoms with E-state index in [0.717, 1.165) is 16.7 Å². The van der Waals surface area contributed by atoms with Crippen LogP contribution < -0.4 is 0 Å². The summed E-state index contributed by atoms with van der Waals surface area (Å²) in [4.78, 5) is 25.0. The molecule has 1 amide bonds. The van der Waals surface area contributed by atoms with Gasteiger partial charge in [-0.15, -0.1) is 5.10 Å². The number of esters is 1. The van der Waals surface area contributed by atoms with Crippen molar-refractivity contribution >= 4 is 17.8 Å².